The Labute approximate surface area is 94.0 Å². The average molecular weight is 222 g/mol. The lowest BCUT2D eigenvalue weighted by molar-refractivity contribution is 0.112. The molecule has 80 valence electrons. The summed E-state index contributed by atoms with van der Waals surface area (Å²) in [5.41, 5.74) is 0.637. The van der Waals surface area contributed by atoms with Gasteiger partial charge in [0.2, 0.25) is 0 Å². The Kier molecular flexibility index (Phi) is 3.75. The maximum atomic E-state index is 10.5. The van der Waals surface area contributed by atoms with E-state index in [0.29, 0.717) is 5.56 Å². The van der Waals surface area contributed by atoms with Crippen molar-refractivity contribution in [2.75, 3.05) is 13.1 Å². The SMILES string of the molecule is O=Cc1ccc(SN2CCCCC2)nc1. The molecule has 1 aromatic rings. The minimum atomic E-state index is 0.637. The molecule has 0 amide bonds. The van der Waals surface area contributed by atoms with Gasteiger partial charge in [-0.05, 0) is 36.9 Å². The lowest BCUT2D eigenvalue weighted by atomic mass is 10.2. The van der Waals surface area contributed by atoms with Gasteiger partial charge in [-0.25, -0.2) is 9.29 Å². The Hall–Kier alpha value is -0.870. The summed E-state index contributed by atoms with van der Waals surface area (Å²) in [6, 6.07) is 3.72. The van der Waals surface area contributed by atoms with Crippen molar-refractivity contribution in [1.82, 2.24) is 9.29 Å². The molecule has 1 aromatic heterocycles. The highest BCUT2D eigenvalue weighted by atomic mass is 32.2. The van der Waals surface area contributed by atoms with Crippen LogP contribution in [-0.4, -0.2) is 28.7 Å². The van der Waals surface area contributed by atoms with E-state index in [2.05, 4.69) is 9.29 Å². The largest absolute Gasteiger partial charge is 0.298 e. The zero-order valence-electron chi connectivity index (χ0n) is 8.56. The molecule has 0 aliphatic carbocycles. The molecular weight excluding hydrogens is 208 g/mol. The first-order chi connectivity index (χ1) is 7.38. The molecule has 1 aliphatic rings. The number of hydrogen-bond donors (Lipinski definition) is 0. The molecule has 0 spiro atoms. The Bertz CT molecular complexity index is 320. The van der Waals surface area contributed by atoms with Crippen molar-refractivity contribution in [2.24, 2.45) is 0 Å². The summed E-state index contributed by atoms with van der Waals surface area (Å²) < 4.78 is 2.34. The van der Waals surface area contributed by atoms with Crippen LogP contribution in [0, 0.1) is 0 Å². The molecule has 0 bridgehead atoms. The number of carbonyl (C=O) groups excluding carboxylic acids is 1. The highest BCUT2D eigenvalue weighted by molar-refractivity contribution is 7.97. The Morgan fingerprint density at radius 1 is 1.27 bits per heavy atom. The van der Waals surface area contributed by atoms with Crippen LogP contribution in [0.15, 0.2) is 23.4 Å². The van der Waals surface area contributed by atoms with Crippen molar-refractivity contribution in [2.45, 2.75) is 24.3 Å². The fourth-order valence-corrected chi connectivity index (χ4v) is 2.54. The molecule has 0 atom stereocenters. The summed E-state index contributed by atoms with van der Waals surface area (Å²) in [5.74, 6) is 0. The topological polar surface area (TPSA) is 33.2 Å². The molecule has 1 fully saturated rings. The van der Waals surface area contributed by atoms with Gasteiger partial charge in [-0.3, -0.25) is 4.79 Å². The number of aldehydes is 1. The van der Waals surface area contributed by atoms with Gasteiger partial charge in [0, 0.05) is 24.8 Å². The van der Waals surface area contributed by atoms with Crippen LogP contribution in [0.4, 0.5) is 0 Å². The van der Waals surface area contributed by atoms with E-state index >= 15 is 0 Å². The average Bonchev–Trinajstić information content (AvgIpc) is 2.31. The first-order valence-corrected chi connectivity index (χ1v) is 6.00. The van der Waals surface area contributed by atoms with Gasteiger partial charge in [-0.1, -0.05) is 6.42 Å². The van der Waals surface area contributed by atoms with Crippen LogP contribution >= 0.6 is 11.9 Å². The third-order valence-electron chi connectivity index (χ3n) is 2.43. The Morgan fingerprint density at radius 3 is 2.67 bits per heavy atom. The van der Waals surface area contributed by atoms with Crippen LogP contribution in [0.25, 0.3) is 0 Å². The fraction of sp³-hybridized carbons (Fsp3) is 0.455. The molecule has 1 aliphatic heterocycles. The molecule has 1 saturated heterocycles. The zero-order chi connectivity index (χ0) is 10.5. The fourth-order valence-electron chi connectivity index (χ4n) is 1.60. The third-order valence-corrected chi connectivity index (χ3v) is 3.48. The molecule has 0 radical (unpaired) electrons. The third kappa shape index (κ3) is 3.04. The highest BCUT2D eigenvalue weighted by Gasteiger charge is 2.11. The van der Waals surface area contributed by atoms with Gasteiger partial charge in [0.1, 0.15) is 5.03 Å². The summed E-state index contributed by atoms with van der Waals surface area (Å²) in [6.45, 7) is 2.28. The molecule has 0 saturated carbocycles. The second-order valence-electron chi connectivity index (χ2n) is 3.63. The number of piperidine rings is 1. The Balaban J connectivity index is 1.94. The van der Waals surface area contributed by atoms with Crippen LogP contribution in [0.1, 0.15) is 29.6 Å². The van der Waals surface area contributed by atoms with Gasteiger partial charge in [0.15, 0.2) is 6.29 Å². The maximum absolute atomic E-state index is 10.5. The zero-order valence-corrected chi connectivity index (χ0v) is 9.37. The number of rotatable bonds is 3. The van der Waals surface area contributed by atoms with Crippen molar-refractivity contribution in [3.05, 3.63) is 23.9 Å². The predicted octanol–water partition coefficient (Wildman–Crippen LogP) is 2.39. The molecule has 2 heterocycles. The summed E-state index contributed by atoms with van der Waals surface area (Å²) >= 11 is 1.69. The van der Waals surface area contributed by atoms with E-state index in [1.54, 1.807) is 18.1 Å². The summed E-state index contributed by atoms with van der Waals surface area (Å²) in [5, 5.41) is 0.975. The second-order valence-corrected chi connectivity index (χ2v) is 4.75. The van der Waals surface area contributed by atoms with Gasteiger partial charge >= 0.3 is 0 Å². The molecule has 0 N–H and O–H groups in total. The minimum absolute atomic E-state index is 0.637. The van der Waals surface area contributed by atoms with Crippen molar-refractivity contribution < 1.29 is 4.79 Å². The lowest BCUT2D eigenvalue weighted by Gasteiger charge is -2.24. The van der Waals surface area contributed by atoms with Gasteiger partial charge in [-0.2, -0.15) is 0 Å². The molecular formula is C11H14N2OS. The number of pyridine rings is 1. The smallest absolute Gasteiger partial charge is 0.151 e. The number of hydrogen-bond acceptors (Lipinski definition) is 4. The predicted molar refractivity (Wildman–Crippen MR) is 60.9 cm³/mol. The monoisotopic (exact) mass is 222 g/mol. The van der Waals surface area contributed by atoms with Gasteiger partial charge < -0.3 is 0 Å². The molecule has 4 heteroatoms. The van der Waals surface area contributed by atoms with E-state index in [1.807, 2.05) is 12.1 Å². The van der Waals surface area contributed by atoms with E-state index < -0.39 is 0 Å². The maximum Gasteiger partial charge on any atom is 0.151 e. The van der Waals surface area contributed by atoms with Crippen molar-refractivity contribution in [3.63, 3.8) is 0 Å². The lowest BCUT2D eigenvalue weighted by Crippen LogP contribution is -2.22. The van der Waals surface area contributed by atoms with Crippen LogP contribution in [0.3, 0.4) is 0 Å². The van der Waals surface area contributed by atoms with E-state index in [1.165, 1.54) is 19.3 Å². The molecule has 0 aromatic carbocycles. The van der Waals surface area contributed by atoms with Gasteiger partial charge in [0.25, 0.3) is 0 Å². The second kappa shape index (κ2) is 5.28. The van der Waals surface area contributed by atoms with Crippen LogP contribution in [-0.2, 0) is 0 Å². The van der Waals surface area contributed by atoms with E-state index in [4.69, 9.17) is 0 Å². The number of aromatic nitrogens is 1. The normalized spacial score (nSPS) is 17.6. The Morgan fingerprint density at radius 2 is 2.07 bits per heavy atom. The van der Waals surface area contributed by atoms with Crippen LogP contribution in [0.5, 0.6) is 0 Å². The van der Waals surface area contributed by atoms with Crippen LogP contribution in [0.2, 0.25) is 0 Å². The van der Waals surface area contributed by atoms with E-state index in [9.17, 15) is 4.79 Å². The minimum Gasteiger partial charge on any atom is -0.298 e. The highest BCUT2D eigenvalue weighted by Crippen LogP contribution is 2.24. The first-order valence-electron chi connectivity index (χ1n) is 5.22. The van der Waals surface area contributed by atoms with E-state index in [0.717, 1.165) is 24.4 Å². The summed E-state index contributed by atoms with van der Waals surface area (Å²) in [4.78, 5) is 14.7. The first kappa shape index (κ1) is 10.6. The van der Waals surface area contributed by atoms with Crippen molar-refractivity contribution >= 4 is 18.2 Å². The molecule has 0 unspecified atom stereocenters. The summed E-state index contributed by atoms with van der Waals surface area (Å²) in [7, 11) is 0. The van der Waals surface area contributed by atoms with E-state index in [-0.39, 0.29) is 0 Å². The number of carbonyl (C=O) groups is 1. The van der Waals surface area contributed by atoms with Gasteiger partial charge in [-0.15, -0.1) is 0 Å². The standard InChI is InChI=1S/C11H14N2OS/c14-9-10-4-5-11(12-8-10)15-13-6-2-1-3-7-13/h4-5,8-9H,1-3,6-7H2. The van der Waals surface area contributed by atoms with Gasteiger partial charge in [0.05, 0.1) is 0 Å². The number of nitrogens with zero attached hydrogens (tertiary/aromatic N) is 2. The van der Waals surface area contributed by atoms with Crippen molar-refractivity contribution in [1.29, 1.82) is 0 Å². The van der Waals surface area contributed by atoms with Crippen molar-refractivity contribution in [3.8, 4) is 0 Å². The quantitative estimate of drug-likeness (QED) is 0.581. The molecule has 2 rings (SSSR count). The summed E-state index contributed by atoms with van der Waals surface area (Å²) in [6.07, 6.45) is 6.34. The molecule has 15 heavy (non-hydrogen) atoms. The molecule has 3 nitrogen and oxygen atoms in total. The van der Waals surface area contributed by atoms with Crippen LogP contribution < -0.4 is 0 Å².